The second kappa shape index (κ2) is 5.86. The number of carbonyl (C=O) groups excluding carboxylic acids is 1. The first-order valence-corrected chi connectivity index (χ1v) is 6.39. The standard InChI is InChI=1S/C13H15ClFNO3/c1-8-5-16(6-10(7-17)19-8)13(18)9-2-3-11(14)12(15)4-9/h2-4,8,10,17H,5-7H2,1H3. The van der Waals surface area contributed by atoms with Crippen molar-refractivity contribution in [2.24, 2.45) is 0 Å². The number of aliphatic hydroxyl groups is 1. The second-order valence-electron chi connectivity index (χ2n) is 4.59. The molecule has 1 aliphatic rings. The summed E-state index contributed by atoms with van der Waals surface area (Å²) in [5, 5.41) is 9.11. The van der Waals surface area contributed by atoms with Gasteiger partial charge in [0.15, 0.2) is 0 Å². The highest BCUT2D eigenvalue weighted by molar-refractivity contribution is 6.30. The molecule has 104 valence electrons. The molecule has 1 aliphatic heterocycles. The minimum atomic E-state index is -0.618. The number of benzene rings is 1. The van der Waals surface area contributed by atoms with Gasteiger partial charge in [0.1, 0.15) is 5.82 Å². The summed E-state index contributed by atoms with van der Waals surface area (Å²) in [5.74, 6) is -0.906. The van der Waals surface area contributed by atoms with Crippen molar-refractivity contribution >= 4 is 17.5 Å². The molecule has 0 saturated carbocycles. The largest absolute Gasteiger partial charge is 0.394 e. The first-order valence-electron chi connectivity index (χ1n) is 6.02. The van der Waals surface area contributed by atoms with Gasteiger partial charge in [-0.3, -0.25) is 4.79 Å². The number of aliphatic hydroxyl groups excluding tert-OH is 1. The number of hydrogen-bond donors (Lipinski definition) is 1. The fraction of sp³-hybridized carbons (Fsp3) is 0.462. The monoisotopic (exact) mass is 287 g/mol. The normalized spacial score (nSPS) is 23.5. The lowest BCUT2D eigenvalue weighted by molar-refractivity contribution is -0.0858. The Hall–Kier alpha value is -1.17. The van der Waals surface area contributed by atoms with Crippen molar-refractivity contribution in [2.45, 2.75) is 19.1 Å². The Labute approximate surface area is 115 Å². The van der Waals surface area contributed by atoms with Crippen LogP contribution in [0.1, 0.15) is 17.3 Å². The van der Waals surface area contributed by atoms with Crippen molar-refractivity contribution in [3.63, 3.8) is 0 Å². The number of morpholine rings is 1. The van der Waals surface area contributed by atoms with E-state index in [1.54, 1.807) is 4.90 Å². The summed E-state index contributed by atoms with van der Waals surface area (Å²) in [5.41, 5.74) is 0.243. The number of nitrogens with zero attached hydrogens (tertiary/aromatic N) is 1. The van der Waals surface area contributed by atoms with E-state index in [4.69, 9.17) is 21.4 Å². The van der Waals surface area contributed by atoms with Crippen molar-refractivity contribution in [3.8, 4) is 0 Å². The number of ether oxygens (including phenoxy) is 1. The van der Waals surface area contributed by atoms with Gasteiger partial charge in [0.25, 0.3) is 5.91 Å². The summed E-state index contributed by atoms with van der Waals surface area (Å²) < 4.78 is 18.8. The molecule has 0 spiro atoms. The van der Waals surface area contributed by atoms with Gasteiger partial charge >= 0.3 is 0 Å². The molecule has 6 heteroatoms. The van der Waals surface area contributed by atoms with Crippen LogP contribution in [-0.4, -0.2) is 47.8 Å². The Morgan fingerprint density at radius 1 is 1.58 bits per heavy atom. The molecule has 2 rings (SSSR count). The van der Waals surface area contributed by atoms with E-state index in [-0.39, 0.29) is 29.2 Å². The number of halogens is 2. The zero-order chi connectivity index (χ0) is 14.0. The number of amides is 1. The Balaban J connectivity index is 2.16. The van der Waals surface area contributed by atoms with E-state index in [1.807, 2.05) is 6.92 Å². The number of carbonyl (C=O) groups is 1. The average molecular weight is 288 g/mol. The van der Waals surface area contributed by atoms with Gasteiger partial charge in [-0.25, -0.2) is 4.39 Å². The van der Waals surface area contributed by atoms with Gasteiger partial charge in [0, 0.05) is 18.7 Å². The van der Waals surface area contributed by atoms with E-state index in [9.17, 15) is 9.18 Å². The average Bonchev–Trinajstić information content (AvgIpc) is 2.40. The van der Waals surface area contributed by atoms with Gasteiger partial charge in [-0.2, -0.15) is 0 Å². The molecule has 19 heavy (non-hydrogen) atoms. The van der Waals surface area contributed by atoms with Gasteiger partial charge in [-0.05, 0) is 25.1 Å². The highest BCUT2D eigenvalue weighted by Gasteiger charge is 2.28. The van der Waals surface area contributed by atoms with E-state index < -0.39 is 11.9 Å². The lowest BCUT2D eigenvalue weighted by atomic mass is 10.1. The molecule has 1 aromatic carbocycles. The quantitative estimate of drug-likeness (QED) is 0.901. The van der Waals surface area contributed by atoms with Gasteiger partial charge in [-0.1, -0.05) is 11.6 Å². The molecule has 4 nitrogen and oxygen atoms in total. The van der Waals surface area contributed by atoms with Crippen LogP contribution in [0.4, 0.5) is 4.39 Å². The summed E-state index contributed by atoms with van der Waals surface area (Å²) in [6.45, 7) is 2.39. The molecule has 0 radical (unpaired) electrons. The van der Waals surface area contributed by atoms with E-state index >= 15 is 0 Å². The summed E-state index contributed by atoms with van der Waals surface area (Å²) in [4.78, 5) is 13.8. The molecule has 0 aliphatic carbocycles. The van der Waals surface area contributed by atoms with Crippen LogP contribution in [0.15, 0.2) is 18.2 Å². The zero-order valence-electron chi connectivity index (χ0n) is 10.5. The summed E-state index contributed by atoms with van der Waals surface area (Å²) in [7, 11) is 0. The highest BCUT2D eigenvalue weighted by atomic mass is 35.5. The van der Waals surface area contributed by atoms with Crippen LogP contribution in [0.2, 0.25) is 5.02 Å². The molecule has 1 fully saturated rings. The third-order valence-electron chi connectivity index (χ3n) is 2.98. The van der Waals surface area contributed by atoms with Crippen LogP contribution in [0, 0.1) is 5.82 Å². The Kier molecular flexibility index (Phi) is 4.39. The maximum absolute atomic E-state index is 13.4. The zero-order valence-corrected chi connectivity index (χ0v) is 11.2. The maximum Gasteiger partial charge on any atom is 0.254 e. The molecule has 2 unspecified atom stereocenters. The molecule has 0 bridgehead atoms. The summed E-state index contributed by atoms with van der Waals surface area (Å²) in [6, 6.07) is 3.97. The SMILES string of the molecule is CC1CN(C(=O)c2ccc(Cl)c(F)c2)CC(CO)O1. The predicted molar refractivity (Wildman–Crippen MR) is 68.7 cm³/mol. The highest BCUT2D eigenvalue weighted by Crippen LogP contribution is 2.19. The summed E-state index contributed by atoms with van der Waals surface area (Å²) >= 11 is 5.59. The molecular formula is C13H15ClFNO3. The first kappa shape index (κ1) is 14.2. The van der Waals surface area contributed by atoms with E-state index in [2.05, 4.69) is 0 Å². The molecule has 2 atom stereocenters. The summed E-state index contributed by atoms with van der Waals surface area (Å²) in [6.07, 6.45) is -0.558. The molecule has 1 heterocycles. The minimum absolute atomic E-state index is 0.0138. The van der Waals surface area contributed by atoms with E-state index in [1.165, 1.54) is 12.1 Å². The molecule has 1 saturated heterocycles. The molecule has 0 aromatic heterocycles. The van der Waals surface area contributed by atoms with Crippen molar-refractivity contribution in [1.82, 2.24) is 4.90 Å². The molecule has 1 N–H and O–H groups in total. The van der Waals surface area contributed by atoms with Crippen LogP contribution < -0.4 is 0 Å². The minimum Gasteiger partial charge on any atom is -0.394 e. The Bertz CT molecular complexity index is 483. The third-order valence-corrected chi connectivity index (χ3v) is 3.29. The van der Waals surface area contributed by atoms with Crippen LogP contribution in [0.25, 0.3) is 0 Å². The van der Waals surface area contributed by atoms with E-state index in [0.29, 0.717) is 13.1 Å². The number of rotatable bonds is 2. The topological polar surface area (TPSA) is 49.8 Å². The Morgan fingerprint density at radius 2 is 2.32 bits per heavy atom. The fourth-order valence-electron chi connectivity index (χ4n) is 2.12. The van der Waals surface area contributed by atoms with Gasteiger partial charge in [0.05, 0.1) is 23.8 Å². The van der Waals surface area contributed by atoms with Crippen molar-refractivity contribution in [1.29, 1.82) is 0 Å². The van der Waals surface area contributed by atoms with Gasteiger partial charge in [-0.15, -0.1) is 0 Å². The first-order chi connectivity index (χ1) is 9.01. The van der Waals surface area contributed by atoms with Gasteiger partial charge < -0.3 is 14.7 Å². The predicted octanol–water partition coefficient (Wildman–Crippen LogP) is 1.70. The van der Waals surface area contributed by atoms with Crippen molar-refractivity contribution < 1.29 is 19.0 Å². The molecule has 1 amide bonds. The van der Waals surface area contributed by atoms with Gasteiger partial charge in [0.2, 0.25) is 0 Å². The maximum atomic E-state index is 13.4. The second-order valence-corrected chi connectivity index (χ2v) is 5.00. The third kappa shape index (κ3) is 3.23. The lowest BCUT2D eigenvalue weighted by Gasteiger charge is -2.36. The van der Waals surface area contributed by atoms with E-state index in [0.717, 1.165) is 6.07 Å². The smallest absolute Gasteiger partial charge is 0.254 e. The van der Waals surface area contributed by atoms with Crippen molar-refractivity contribution in [3.05, 3.63) is 34.6 Å². The van der Waals surface area contributed by atoms with Crippen molar-refractivity contribution in [2.75, 3.05) is 19.7 Å². The number of hydrogen-bond acceptors (Lipinski definition) is 3. The van der Waals surface area contributed by atoms with Crippen LogP contribution >= 0.6 is 11.6 Å². The van der Waals surface area contributed by atoms with Crippen LogP contribution in [-0.2, 0) is 4.74 Å². The fourth-order valence-corrected chi connectivity index (χ4v) is 2.24. The lowest BCUT2D eigenvalue weighted by Crippen LogP contribution is -2.50. The van der Waals surface area contributed by atoms with Crippen LogP contribution in [0.3, 0.4) is 0 Å². The molecular weight excluding hydrogens is 273 g/mol. The molecule has 1 aromatic rings. The Morgan fingerprint density at radius 3 is 2.95 bits per heavy atom. The van der Waals surface area contributed by atoms with Crippen LogP contribution in [0.5, 0.6) is 0 Å².